The van der Waals surface area contributed by atoms with Crippen LogP contribution in [-0.4, -0.2) is 18.0 Å². The van der Waals surface area contributed by atoms with Crippen LogP contribution in [0, 0.1) is 34.5 Å². The van der Waals surface area contributed by atoms with Gasteiger partial charge in [-0.1, -0.05) is 44.6 Å². The van der Waals surface area contributed by atoms with Gasteiger partial charge in [0.25, 0.3) is 0 Å². The summed E-state index contributed by atoms with van der Waals surface area (Å²) in [4.78, 5) is 11.8. The van der Waals surface area contributed by atoms with Gasteiger partial charge >= 0.3 is 0 Å². The first-order valence-electron chi connectivity index (χ1n) is 10.5. The molecule has 4 rings (SSSR count). The lowest BCUT2D eigenvalue weighted by Gasteiger charge is -2.57. The minimum Gasteiger partial charge on any atom is -0.400 e. The average molecular weight is 357 g/mol. The van der Waals surface area contributed by atoms with Crippen molar-refractivity contribution < 1.29 is 9.90 Å². The van der Waals surface area contributed by atoms with Crippen LogP contribution >= 0.6 is 0 Å². The molecule has 0 saturated heterocycles. The van der Waals surface area contributed by atoms with E-state index in [1.165, 1.54) is 43.3 Å². The molecule has 1 N–H and O–H groups in total. The van der Waals surface area contributed by atoms with E-state index < -0.39 is 0 Å². The third-order valence-corrected chi connectivity index (χ3v) is 8.50. The fourth-order valence-electron chi connectivity index (χ4n) is 7.11. The number of allylic oxidation sites excluding steroid dienone is 5. The van der Waals surface area contributed by atoms with E-state index in [1.807, 2.05) is 12.2 Å². The largest absolute Gasteiger partial charge is 0.400 e. The van der Waals surface area contributed by atoms with Gasteiger partial charge in [0.1, 0.15) is 0 Å². The fourth-order valence-corrected chi connectivity index (χ4v) is 7.11. The van der Waals surface area contributed by atoms with Crippen LogP contribution in [0.15, 0.2) is 36.0 Å². The molecule has 6 atom stereocenters. The van der Waals surface area contributed by atoms with Gasteiger partial charge in [0.15, 0.2) is 5.78 Å². The number of carbonyl (C=O) groups is 1. The molecular formula is C24H36O2. The van der Waals surface area contributed by atoms with Crippen molar-refractivity contribution in [3.63, 3.8) is 0 Å². The Morgan fingerprint density at radius 2 is 1.92 bits per heavy atom. The molecule has 0 spiro atoms. The standard InChI is InChI=1S/C23H32O.CH4O/c1-5-15(2)19-8-9-20-18-7-6-16-14-17(24)10-12-22(16,3)21(18)11-13-23(19,20)4;1-2/h10,12,14,18-21H,2,5-9,11,13H2,1,3-4H3;2H,1H3. The first kappa shape index (κ1) is 19.6. The lowest BCUT2D eigenvalue weighted by molar-refractivity contribution is -0.111. The van der Waals surface area contributed by atoms with E-state index in [2.05, 4.69) is 33.4 Å². The lowest BCUT2D eigenvalue weighted by Crippen LogP contribution is -2.49. The normalized spacial score (nSPS) is 43.4. The third kappa shape index (κ3) is 2.76. The molecule has 0 aromatic heterocycles. The summed E-state index contributed by atoms with van der Waals surface area (Å²) in [5.41, 5.74) is 3.51. The van der Waals surface area contributed by atoms with Gasteiger partial charge < -0.3 is 5.11 Å². The van der Waals surface area contributed by atoms with E-state index in [0.717, 1.165) is 43.6 Å². The van der Waals surface area contributed by atoms with E-state index in [4.69, 9.17) is 5.11 Å². The number of aliphatic hydroxyl groups excluding tert-OH is 1. The van der Waals surface area contributed by atoms with Gasteiger partial charge in [0.2, 0.25) is 0 Å². The third-order valence-electron chi connectivity index (χ3n) is 8.50. The molecule has 3 fully saturated rings. The summed E-state index contributed by atoms with van der Waals surface area (Å²) in [7, 11) is 1.00. The number of hydrogen-bond donors (Lipinski definition) is 1. The van der Waals surface area contributed by atoms with Crippen LogP contribution in [0.4, 0.5) is 0 Å². The molecule has 144 valence electrons. The predicted molar refractivity (Wildman–Crippen MR) is 108 cm³/mol. The van der Waals surface area contributed by atoms with E-state index >= 15 is 0 Å². The Labute approximate surface area is 159 Å². The lowest BCUT2D eigenvalue weighted by atomic mass is 9.47. The molecule has 0 radical (unpaired) electrons. The van der Waals surface area contributed by atoms with Crippen molar-refractivity contribution in [1.82, 2.24) is 0 Å². The van der Waals surface area contributed by atoms with Crippen LogP contribution in [0.1, 0.15) is 65.7 Å². The van der Waals surface area contributed by atoms with Crippen LogP contribution in [0.5, 0.6) is 0 Å². The maximum absolute atomic E-state index is 11.8. The Morgan fingerprint density at radius 1 is 1.19 bits per heavy atom. The molecule has 2 heteroatoms. The Balaban J connectivity index is 0.000000948. The van der Waals surface area contributed by atoms with Gasteiger partial charge in [0.05, 0.1) is 0 Å². The Bertz CT molecular complexity index is 643. The van der Waals surface area contributed by atoms with Crippen molar-refractivity contribution in [1.29, 1.82) is 0 Å². The molecule has 4 aliphatic carbocycles. The highest BCUT2D eigenvalue weighted by molar-refractivity contribution is 6.01. The molecule has 2 nitrogen and oxygen atoms in total. The number of ketones is 1. The molecule has 0 bridgehead atoms. The van der Waals surface area contributed by atoms with Gasteiger partial charge in [-0.25, -0.2) is 0 Å². The van der Waals surface area contributed by atoms with Crippen LogP contribution < -0.4 is 0 Å². The van der Waals surface area contributed by atoms with Gasteiger partial charge in [-0.05, 0) is 86.2 Å². The van der Waals surface area contributed by atoms with Crippen LogP contribution in [-0.2, 0) is 4.79 Å². The first-order chi connectivity index (χ1) is 12.4. The van der Waals surface area contributed by atoms with Gasteiger partial charge in [-0.3, -0.25) is 4.79 Å². The zero-order valence-electron chi connectivity index (χ0n) is 17.1. The maximum atomic E-state index is 11.8. The van der Waals surface area contributed by atoms with Gasteiger partial charge in [-0.15, -0.1) is 0 Å². The maximum Gasteiger partial charge on any atom is 0.178 e. The summed E-state index contributed by atoms with van der Waals surface area (Å²) in [5, 5.41) is 7.00. The number of rotatable bonds is 2. The average Bonchev–Trinajstić information content (AvgIpc) is 3.00. The van der Waals surface area contributed by atoms with E-state index in [-0.39, 0.29) is 11.2 Å². The molecule has 3 saturated carbocycles. The SMILES string of the molecule is C=C(CC)C1CCC2C3CCC4=CC(=O)C=CC4(C)C3CCC12C.CO. The second kappa shape index (κ2) is 7.11. The number of hydrogen-bond acceptors (Lipinski definition) is 2. The minimum atomic E-state index is 0.137. The summed E-state index contributed by atoms with van der Waals surface area (Å²) in [6, 6.07) is 0. The summed E-state index contributed by atoms with van der Waals surface area (Å²) in [6.45, 7) is 11.7. The smallest absolute Gasteiger partial charge is 0.178 e. The zero-order chi connectivity index (χ0) is 19.1. The summed E-state index contributed by atoms with van der Waals surface area (Å²) in [6.07, 6.45) is 15.0. The van der Waals surface area contributed by atoms with Crippen LogP contribution in [0.2, 0.25) is 0 Å². The molecule has 6 unspecified atom stereocenters. The highest BCUT2D eigenvalue weighted by atomic mass is 16.2. The zero-order valence-corrected chi connectivity index (χ0v) is 17.1. The topological polar surface area (TPSA) is 37.3 Å². The Kier molecular flexibility index (Phi) is 5.36. The van der Waals surface area contributed by atoms with Crippen molar-refractivity contribution in [3.8, 4) is 0 Å². The summed E-state index contributed by atoms with van der Waals surface area (Å²) in [5.74, 6) is 3.35. The van der Waals surface area contributed by atoms with Crippen molar-refractivity contribution in [2.45, 2.75) is 65.7 Å². The molecule has 0 aromatic carbocycles. The number of fused-ring (bicyclic) bond motifs is 5. The van der Waals surface area contributed by atoms with Crippen LogP contribution in [0.25, 0.3) is 0 Å². The molecule has 4 aliphatic rings. The van der Waals surface area contributed by atoms with Crippen molar-refractivity contribution >= 4 is 5.78 Å². The molecular weight excluding hydrogens is 320 g/mol. The summed E-state index contributed by atoms with van der Waals surface area (Å²) < 4.78 is 0. The second-order valence-electron chi connectivity index (χ2n) is 9.29. The highest BCUT2D eigenvalue weighted by Gasteiger charge is 2.58. The Hall–Kier alpha value is -1.15. The van der Waals surface area contributed by atoms with Crippen molar-refractivity contribution in [2.24, 2.45) is 34.5 Å². The predicted octanol–water partition coefficient (Wildman–Crippen LogP) is 5.49. The van der Waals surface area contributed by atoms with E-state index in [0.29, 0.717) is 5.41 Å². The summed E-state index contributed by atoms with van der Waals surface area (Å²) >= 11 is 0. The van der Waals surface area contributed by atoms with Gasteiger partial charge in [0, 0.05) is 12.5 Å². The number of carbonyl (C=O) groups excluding carboxylic acids is 1. The molecule has 26 heavy (non-hydrogen) atoms. The van der Waals surface area contributed by atoms with Crippen molar-refractivity contribution in [3.05, 3.63) is 36.0 Å². The van der Waals surface area contributed by atoms with E-state index in [9.17, 15) is 4.79 Å². The van der Waals surface area contributed by atoms with Crippen LogP contribution in [0.3, 0.4) is 0 Å². The molecule has 0 heterocycles. The molecule has 0 aliphatic heterocycles. The molecule has 0 aromatic rings. The highest BCUT2D eigenvalue weighted by Crippen LogP contribution is 2.66. The van der Waals surface area contributed by atoms with Gasteiger partial charge in [-0.2, -0.15) is 0 Å². The van der Waals surface area contributed by atoms with Crippen molar-refractivity contribution in [2.75, 3.05) is 7.11 Å². The Morgan fingerprint density at radius 3 is 2.62 bits per heavy atom. The number of aliphatic hydroxyl groups is 1. The quantitative estimate of drug-likeness (QED) is 0.665. The monoisotopic (exact) mass is 356 g/mol. The van der Waals surface area contributed by atoms with E-state index in [1.54, 1.807) is 0 Å². The molecule has 0 amide bonds. The second-order valence-corrected chi connectivity index (χ2v) is 9.29. The first-order valence-corrected chi connectivity index (χ1v) is 10.5. The minimum absolute atomic E-state index is 0.137. The fraction of sp³-hybridized carbons (Fsp3) is 0.708.